The highest BCUT2D eigenvalue weighted by Crippen LogP contribution is 2.27. The predicted octanol–water partition coefficient (Wildman–Crippen LogP) is 4.17. The highest BCUT2D eigenvalue weighted by molar-refractivity contribution is 14.1. The number of rotatable bonds is 2. The van der Waals surface area contributed by atoms with Gasteiger partial charge in [0.25, 0.3) is 0 Å². The van der Waals surface area contributed by atoms with Gasteiger partial charge in [-0.2, -0.15) is 0 Å². The van der Waals surface area contributed by atoms with Gasteiger partial charge in [0.2, 0.25) is 0 Å². The number of nitrogens with two attached hydrogens (primary N) is 1. The molecule has 0 fully saturated rings. The fraction of sp³-hybridized carbons (Fsp3) is 0.412. The SMILES string of the molecule is Cc1cc(C(C)(C)C)cc(C)c1Cc1ncc(I)c(N)n1. The van der Waals surface area contributed by atoms with Crippen molar-refractivity contribution in [2.75, 3.05) is 5.73 Å². The maximum absolute atomic E-state index is 5.87. The molecule has 112 valence electrons. The van der Waals surface area contributed by atoms with E-state index in [2.05, 4.69) is 79.3 Å². The van der Waals surface area contributed by atoms with Crippen LogP contribution in [0.5, 0.6) is 0 Å². The van der Waals surface area contributed by atoms with Crippen LogP contribution in [-0.4, -0.2) is 9.97 Å². The normalized spacial score (nSPS) is 11.7. The van der Waals surface area contributed by atoms with Gasteiger partial charge < -0.3 is 5.73 Å². The van der Waals surface area contributed by atoms with Crippen LogP contribution in [-0.2, 0) is 11.8 Å². The first-order valence-electron chi connectivity index (χ1n) is 7.06. The van der Waals surface area contributed by atoms with Gasteiger partial charge in [-0.1, -0.05) is 32.9 Å². The van der Waals surface area contributed by atoms with Crippen LogP contribution in [0, 0.1) is 17.4 Å². The van der Waals surface area contributed by atoms with Gasteiger partial charge >= 0.3 is 0 Å². The number of benzene rings is 1. The van der Waals surface area contributed by atoms with Crippen LogP contribution >= 0.6 is 22.6 Å². The number of halogens is 1. The smallest absolute Gasteiger partial charge is 0.140 e. The molecule has 3 nitrogen and oxygen atoms in total. The molecule has 4 heteroatoms. The lowest BCUT2D eigenvalue weighted by Gasteiger charge is -2.22. The molecule has 21 heavy (non-hydrogen) atoms. The summed E-state index contributed by atoms with van der Waals surface area (Å²) in [4.78, 5) is 8.77. The zero-order chi connectivity index (χ0) is 15.8. The second kappa shape index (κ2) is 5.91. The van der Waals surface area contributed by atoms with Crippen LogP contribution in [0.1, 0.15) is 48.8 Å². The summed E-state index contributed by atoms with van der Waals surface area (Å²) in [6.07, 6.45) is 2.51. The van der Waals surface area contributed by atoms with Gasteiger partial charge in [-0.05, 0) is 64.1 Å². The van der Waals surface area contributed by atoms with Gasteiger partial charge in [-0.3, -0.25) is 0 Å². The molecule has 0 atom stereocenters. The monoisotopic (exact) mass is 395 g/mol. The standard InChI is InChI=1S/C17H22IN3/c1-10-6-12(17(3,4)5)7-11(2)13(10)8-15-20-9-14(18)16(19)21-15/h6-7,9H,8H2,1-5H3,(H2,19,20,21). The van der Waals surface area contributed by atoms with Gasteiger partial charge in [-0.25, -0.2) is 9.97 Å². The summed E-state index contributed by atoms with van der Waals surface area (Å²) >= 11 is 2.15. The van der Waals surface area contributed by atoms with Gasteiger partial charge in [0.1, 0.15) is 11.6 Å². The minimum atomic E-state index is 0.165. The molecule has 0 amide bonds. The van der Waals surface area contributed by atoms with Gasteiger partial charge in [0, 0.05) is 12.6 Å². The molecule has 0 spiro atoms. The quantitative estimate of drug-likeness (QED) is 0.777. The van der Waals surface area contributed by atoms with Crippen molar-refractivity contribution < 1.29 is 0 Å². The average Bonchev–Trinajstić information content (AvgIpc) is 2.36. The minimum Gasteiger partial charge on any atom is -0.383 e. The Morgan fingerprint density at radius 3 is 2.19 bits per heavy atom. The van der Waals surface area contributed by atoms with Gasteiger partial charge in [0.05, 0.1) is 3.57 Å². The van der Waals surface area contributed by atoms with E-state index in [0.29, 0.717) is 5.82 Å². The lowest BCUT2D eigenvalue weighted by Crippen LogP contribution is -2.13. The third kappa shape index (κ3) is 3.73. The first-order chi connectivity index (χ1) is 9.68. The maximum Gasteiger partial charge on any atom is 0.140 e. The maximum atomic E-state index is 5.87. The van der Waals surface area contributed by atoms with E-state index in [1.165, 1.54) is 22.3 Å². The molecule has 0 aliphatic heterocycles. The molecular weight excluding hydrogens is 373 g/mol. The minimum absolute atomic E-state index is 0.165. The number of anilines is 1. The van der Waals surface area contributed by atoms with E-state index in [0.717, 1.165) is 15.8 Å². The number of nitrogen functional groups attached to an aromatic ring is 1. The van der Waals surface area contributed by atoms with E-state index in [-0.39, 0.29) is 5.41 Å². The Balaban J connectivity index is 2.39. The molecule has 0 aliphatic carbocycles. The zero-order valence-corrected chi connectivity index (χ0v) is 15.4. The molecule has 2 N–H and O–H groups in total. The number of hydrogen-bond acceptors (Lipinski definition) is 3. The summed E-state index contributed by atoms with van der Waals surface area (Å²) in [6.45, 7) is 11.0. The van der Waals surface area contributed by atoms with Gasteiger partial charge in [-0.15, -0.1) is 0 Å². The largest absolute Gasteiger partial charge is 0.383 e. The Kier molecular flexibility index (Phi) is 4.56. The predicted molar refractivity (Wildman–Crippen MR) is 96.6 cm³/mol. The summed E-state index contributed by atoms with van der Waals surface area (Å²) < 4.78 is 0.896. The fourth-order valence-electron chi connectivity index (χ4n) is 2.37. The van der Waals surface area contributed by atoms with E-state index >= 15 is 0 Å². The van der Waals surface area contributed by atoms with Crippen molar-refractivity contribution in [1.29, 1.82) is 0 Å². The van der Waals surface area contributed by atoms with Crippen molar-refractivity contribution >= 4 is 28.4 Å². The number of hydrogen-bond donors (Lipinski definition) is 1. The molecular formula is C17H22IN3. The molecule has 1 aromatic carbocycles. The topological polar surface area (TPSA) is 51.8 Å². The lowest BCUT2D eigenvalue weighted by molar-refractivity contribution is 0.588. The summed E-state index contributed by atoms with van der Waals surface area (Å²) in [5.74, 6) is 1.34. The zero-order valence-electron chi connectivity index (χ0n) is 13.3. The summed E-state index contributed by atoms with van der Waals surface area (Å²) in [5.41, 5.74) is 11.3. The van der Waals surface area contributed by atoms with Crippen LogP contribution in [0.15, 0.2) is 18.3 Å². The number of aryl methyl sites for hydroxylation is 2. The molecule has 0 unspecified atom stereocenters. The second-order valence-electron chi connectivity index (χ2n) is 6.53. The first kappa shape index (κ1) is 16.2. The van der Waals surface area contributed by atoms with Crippen molar-refractivity contribution in [3.8, 4) is 0 Å². The molecule has 0 aliphatic rings. The average molecular weight is 395 g/mol. The van der Waals surface area contributed by atoms with Crippen LogP contribution in [0.3, 0.4) is 0 Å². The van der Waals surface area contributed by atoms with E-state index in [1.807, 2.05) is 0 Å². The molecule has 2 aromatic rings. The molecule has 1 aromatic heterocycles. The van der Waals surface area contributed by atoms with Crippen LogP contribution in [0.2, 0.25) is 0 Å². The van der Waals surface area contributed by atoms with Crippen LogP contribution < -0.4 is 5.73 Å². The Labute approximate surface area is 140 Å². The molecule has 0 saturated carbocycles. The van der Waals surface area contributed by atoms with E-state index in [9.17, 15) is 0 Å². The van der Waals surface area contributed by atoms with Crippen LogP contribution in [0.4, 0.5) is 5.82 Å². The lowest BCUT2D eigenvalue weighted by atomic mass is 9.83. The van der Waals surface area contributed by atoms with E-state index in [1.54, 1.807) is 6.20 Å². The van der Waals surface area contributed by atoms with Crippen molar-refractivity contribution in [3.63, 3.8) is 0 Å². The second-order valence-corrected chi connectivity index (χ2v) is 7.70. The summed E-state index contributed by atoms with van der Waals surface area (Å²) in [6, 6.07) is 4.55. The number of nitrogens with zero attached hydrogens (tertiary/aromatic N) is 2. The Bertz CT molecular complexity index is 649. The molecule has 1 heterocycles. The molecule has 0 radical (unpaired) electrons. The fourth-order valence-corrected chi connectivity index (χ4v) is 2.63. The summed E-state index contributed by atoms with van der Waals surface area (Å²) in [7, 11) is 0. The number of aromatic nitrogens is 2. The molecule has 0 saturated heterocycles. The van der Waals surface area contributed by atoms with Crippen LogP contribution in [0.25, 0.3) is 0 Å². The molecule has 0 bridgehead atoms. The Morgan fingerprint density at radius 1 is 1.14 bits per heavy atom. The van der Waals surface area contributed by atoms with Gasteiger partial charge in [0.15, 0.2) is 0 Å². The third-order valence-corrected chi connectivity index (χ3v) is 4.55. The van der Waals surface area contributed by atoms with Crippen molar-refractivity contribution in [2.45, 2.75) is 46.5 Å². The van der Waals surface area contributed by atoms with E-state index < -0.39 is 0 Å². The first-order valence-corrected chi connectivity index (χ1v) is 8.14. The third-order valence-electron chi connectivity index (χ3n) is 3.72. The Morgan fingerprint density at radius 2 is 1.71 bits per heavy atom. The highest BCUT2D eigenvalue weighted by atomic mass is 127. The van der Waals surface area contributed by atoms with Crippen molar-refractivity contribution in [2.24, 2.45) is 0 Å². The summed E-state index contributed by atoms with van der Waals surface area (Å²) in [5, 5.41) is 0. The van der Waals surface area contributed by atoms with Crippen molar-refractivity contribution in [3.05, 3.63) is 50.0 Å². The Hall–Kier alpha value is -1.17. The highest BCUT2D eigenvalue weighted by Gasteiger charge is 2.17. The molecule has 2 rings (SSSR count). The van der Waals surface area contributed by atoms with E-state index in [4.69, 9.17) is 5.73 Å². The van der Waals surface area contributed by atoms with Crippen molar-refractivity contribution in [1.82, 2.24) is 9.97 Å².